The Labute approximate surface area is 225 Å². The van der Waals surface area contributed by atoms with Crippen LogP contribution in [0.5, 0.6) is 0 Å². The molecule has 1 atom stereocenters. The van der Waals surface area contributed by atoms with E-state index in [2.05, 4.69) is 11.6 Å². The van der Waals surface area contributed by atoms with Gasteiger partial charge in [-0.2, -0.15) is 0 Å². The van der Waals surface area contributed by atoms with Crippen molar-refractivity contribution in [2.45, 2.75) is 19.9 Å². The van der Waals surface area contributed by atoms with Crippen molar-refractivity contribution >= 4 is 63.1 Å². The van der Waals surface area contributed by atoms with Gasteiger partial charge in [-0.15, -0.1) is 0 Å². The summed E-state index contributed by atoms with van der Waals surface area (Å²) >= 11 is 13.2. The summed E-state index contributed by atoms with van der Waals surface area (Å²) in [6, 6.07) is 7.24. The molecule has 1 aromatic heterocycles. The van der Waals surface area contributed by atoms with E-state index < -0.39 is 35.3 Å². The van der Waals surface area contributed by atoms with Crippen molar-refractivity contribution in [1.29, 1.82) is 0 Å². The molecule has 190 valence electrons. The molecule has 1 amide bonds. The van der Waals surface area contributed by atoms with Crippen LogP contribution in [0, 0.1) is 19.7 Å². The fourth-order valence-electron chi connectivity index (χ4n) is 3.80. The summed E-state index contributed by atoms with van der Waals surface area (Å²) in [5.74, 6) is -3.85. The molecule has 0 spiro atoms. The van der Waals surface area contributed by atoms with Gasteiger partial charge in [0, 0.05) is 5.56 Å². The molecule has 1 fully saturated rings. The minimum absolute atomic E-state index is 0.00942. The van der Waals surface area contributed by atoms with Gasteiger partial charge in [0.25, 0.3) is 5.78 Å². The normalized spacial score (nSPS) is 16.8. The molecule has 4 rings (SSSR count). The average Bonchev–Trinajstić information content (AvgIpc) is 3.37. The van der Waals surface area contributed by atoms with E-state index in [0.717, 1.165) is 22.3 Å². The van der Waals surface area contributed by atoms with Gasteiger partial charge < -0.3 is 9.84 Å². The topological polar surface area (TPSA) is 96.8 Å². The number of Topliss-reactive ketones (excluding diaryl/α,β-unsaturated/α-hetero) is 1. The maximum atomic E-state index is 14.3. The van der Waals surface area contributed by atoms with Crippen molar-refractivity contribution < 1.29 is 28.6 Å². The molecule has 11 heteroatoms. The Morgan fingerprint density at radius 3 is 2.59 bits per heavy atom. The van der Waals surface area contributed by atoms with E-state index in [0.29, 0.717) is 11.1 Å². The quantitative estimate of drug-likeness (QED) is 0.127. The first kappa shape index (κ1) is 26.5. The Kier molecular flexibility index (Phi) is 7.49. The number of hydrogen-bond donors (Lipinski definition) is 1. The van der Waals surface area contributed by atoms with E-state index in [4.69, 9.17) is 27.9 Å². The van der Waals surface area contributed by atoms with Crippen molar-refractivity contribution in [2.24, 2.45) is 0 Å². The van der Waals surface area contributed by atoms with Crippen LogP contribution in [0.3, 0.4) is 0 Å². The molecule has 2 heterocycles. The highest BCUT2D eigenvalue weighted by Gasteiger charge is 2.48. The van der Waals surface area contributed by atoms with Crippen LogP contribution in [0.1, 0.15) is 38.1 Å². The Morgan fingerprint density at radius 1 is 1.22 bits per heavy atom. The van der Waals surface area contributed by atoms with E-state index >= 15 is 0 Å². The lowest BCUT2D eigenvalue weighted by Gasteiger charge is -2.23. The maximum Gasteiger partial charge on any atom is 0.350 e. The van der Waals surface area contributed by atoms with Crippen LogP contribution in [-0.2, 0) is 14.3 Å². The third-order valence-electron chi connectivity index (χ3n) is 5.66. The third kappa shape index (κ3) is 4.90. The number of rotatable bonds is 6. The standard InChI is InChI=1S/C26H19Cl2FN2O5S/c1-4-9-36-25(35)23-13(3)30-26(37-23)31-20(14-7-8-16(27)17(28)10-14)19(22(33)24(31)34)21(32)15-6-5-12(2)18(29)11-15/h4-8,10-11,20,32H,1,9H2,2-3H3. The molecule has 7 nitrogen and oxygen atoms in total. The van der Waals surface area contributed by atoms with Crippen LogP contribution < -0.4 is 4.90 Å². The van der Waals surface area contributed by atoms with Gasteiger partial charge in [-0.05, 0) is 43.2 Å². The summed E-state index contributed by atoms with van der Waals surface area (Å²) < 4.78 is 19.4. The van der Waals surface area contributed by atoms with Gasteiger partial charge in [0.05, 0.1) is 27.4 Å². The Bertz CT molecular complexity index is 1500. The zero-order chi connectivity index (χ0) is 27.0. The number of benzene rings is 2. The summed E-state index contributed by atoms with van der Waals surface area (Å²) in [6.07, 6.45) is 1.41. The SMILES string of the molecule is C=CCOC(=O)c1sc(N2C(=O)C(=O)C(=C(O)c3ccc(C)c(F)c3)C2c2ccc(Cl)c(Cl)c2)nc1C. The fraction of sp³-hybridized carbons (Fsp3) is 0.154. The Hall–Kier alpha value is -3.53. The first-order valence-electron chi connectivity index (χ1n) is 10.8. The molecule has 1 unspecified atom stereocenters. The van der Waals surface area contributed by atoms with Crippen LogP contribution in [0.25, 0.3) is 5.76 Å². The smallest absolute Gasteiger partial charge is 0.350 e. The van der Waals surface area contributed by atoms with Gasteiger partial charge in [0.2, 0.25) is 0 Å². The second-order valence-electron chi connectivity index (χ2n) is 8.10. The average molecular weight is 561 g/mol. The highest BCUT2D eigenvalue weighted by atomic mass is 35.5. The molecule has 1 N–H and O–H groups in total. The van der Waals surface area contributed by atoms with Crippen molar-refractivity contribution in [3.05, 3.63) is 97.8 Å². The number of nitrogens with zero attached hydrogens (tertiary/aromatic N) is 2. The lowest BCUT2D eigenvalue weighted by molar-refractivity contribution is -0.132. The number of anilines is 1. The number of esters is 1. The van der Waals surface area contributed by atoms with E-state index in [-0.39, 0.29) is 43.5 Å². The first-order valence-corrected chi connectivity index (χ1v) is 12.4. The van der Waals surface area contributed by atoms with Gasteiger partial charge in [0.15, 0.2) is 5.13 Å². The van der Waals surface area contributed by atoms with E-state index in [9.17, 15) is 23.9 Å². The van der Waals surface area contributed by atoms with Crippen molar-refractivity contribution in [1.82, 2.24) is 4.98 Å². The van der Waals surface area contributed by atoms with Crippen molar-refractivity contribution in [2.75, 3.05) is 11.5 Å². The van der Waals surface area contributed by atoms with Gasteiger partial charge in [-0.3, -0.25) is 14.5 Å². The molecule has 2 aromatic carbocycles. The Morgan fingerprint density at radius 2 is 1.95 bits per heavy atom. The van der Waals surface area contributed by atoms with Gasteiger partial charge >= 0.3 is 11.9 Å². The zero-order valence-corrected chi connectivity index (χ0v) is 21.9. The lowest BCUT2D eigenvalue weighted by atomic mass is 9.95. The van der Waals surface area contributed by atoms with Crippen LogP contribution in [0.15, 0.2) is 54.6 Å². The van der Waals surface area contributed by atoms with Crippen LogP contribution >= 0.6 is 34.5 Å². The zero-order valence-electron chi connectivity index (χ0n) is 19.5. The largest absolute Gasteiger partial charge is 0.507 e. The third-order valence-corrected chi connectivity index (χ3v) is 7.53. The molecule has 37 heavy (non-hydrogen) atoms. The molecule has 1 aliphatic rings. The predicted octanol–water partition coefficient (Wildman–Crippen LogP) is 6.17. The van der Waals surface area contributed by atoms with Gasteiger partial charge in [-0.25, -0.2) is 14.2 Å². The minimum Gasteiger partial charge on any atom is -0.507 e. The second kappa shape index (κ2) is 10.5. The molecule has 3 aromatic rings. The summed E-state index contributed by atoms with van der Waals surface area (Å²) in [5, 5.41) is 11.6. The number of halogens is 3. The number of aromatic nitrogens is 1. The molecule has 1 saturated heterocycles. The molecule has 0 radical (unpaired) electrons. The number of thiazole rings is 1. The van der Waals surface area contributed by atoms with Crippen molar-refractivity contribution in [3.8, 4) is 0 Å². The predicted molar refractivity (Wildman–Crippen MR) is 140 cm³/mol. The van der Waals surface area contributed by atoms with Gasteiger partial charge in [-0.1, -0.05) is 65.4 Å². The number of carbonyl (C=O) groups excluding carboxylic acids is 3. The molecule has 1 aliphatic heterocycles. The second-order valence-corrected chi connectivity index (χ2v) is 9.90. The van der Waals surface area contributed by atoms with Crippen LogP contribution in [-0.4, -0.2) is 34.4 Å². The summed E-state index contributed by atoms with van der Waals surface area (Å²) in [4.78, 5) is 44.6. The number of aryl methyl sites for hydroxylation is 2. The number of aliphatic hydroxyl groups excluding tert-OH is 1. The monoisotopic (exact) mass is 560 g/mol. The number of carbonyl (C=O) groups is 3. The molecular weight excluding hydrogens is 542 g/mol. The first-order chi connectivity index (χ1) is 17.5. The number of hydrogen-bond acceptors (Lipinski definition) is 7. The number of ether oxygens (including phenoxy) is 1. The summed E-state index contributed by atoms with van der Waals surface area (Å²) in [5.41, 5.74) is 0.674. The van der Waals surface area contributed by atoms with Crippen LogP contribution in [0.2, 0.25) is 10.0 Å². The van der Waals surface area contributed by atoms with E-state index in [1.165, 1.54) is 30.3 Å². The molecule has 0 bridgehead atoms. The lowest BCUT2D eigenvalue weighted by Crippen LogP contribution is -2.29. The van der Waals surface area contributed by atoms with E-state index in [1.54, 1.807) is 19.9 Å². The van der Waals surface area contributed by atoms with Crippen LogP contribution in [0.4, 0.5) is 9.52 Å². The summed E-state index contributed by atoms with van der Waals surface area (Å²) in [7, 11) is 0. The molecule has 0 saturated carbocycles. The number of ketones is 1. The fourth-order valence-corrected chi connectivity index (χ4v) is 5.09. The van der Waals surface area contributed by atoms with E-state index in [1.807, 2.05) is 0 Å². The van der Waals surface area contributed by atoms with Gasteiger partial charge in [0.1, 0.15) is 23.1 Å². The molecular formula is C26H19Cl2FN2O5S. The maximum absolute atomic E-state index is 14.3. The number of amides is 1. The highest BCUT2D eigenvalue weighted by molar-refractivity contribution is 7.17. The highest BCUT2D eigenvalue weighted by Crippen LogP contribution is 2.45. The minimum atomic E-state index is -1.19. The van der Waals surface area contributed by atoms with Crippen molar-refractivity contribution in [3.63, 3.8) is 0 Å². The number of aliphatic hydroxyl groups is 1. The Balaban J connectivity index is 1.92. The summed E-state index contributed by atoms with van der Waals surface area (Å²) in [6.45, 7) is 6.59. The molecule has 0 aliphatic carbocycles.